The van der Waals surface area contributed by atoms with Gasteiger partial charge in [-0.2, -0.15) is 0 Å². The van der Waals surface area contributed by atoms with Gasteiger partial charge in [-0.05, 0) is 48.9 Å². The minimum Gasteiger partial charge on any atom is -0.463 e. The highest BCUT2D eigenvalue weighted by atomic mass is 16.5. The number of fused-ring (bicyclic) bond motifs is 2. The highest BCUT2D eigenvalue weighted by Crippen LogP contribution is 2.36. The summed E-state index contributed by atoms with van der Waals surface area (Å²) in [5, 5.41) is 0. The summed E-state index contributed by atoms with van der Waals surface area (Å²) in [6, 6.07) is 17.0. The summed E-state index contributed by atoms with van der Waals surface area (Å²) in [6.07, 6.45) is 2.40. The van der Waals surface area contributed by atoms with Crippen LogP contribution in [-0.2, 0) is 22.4 Å². The van der Waals surface area contributed by atoms with Crippen molar-refractivity contribution in [3.8, 4) is 0 Å². The molecule has 2 heteroatoms. The van der Waals surface area contributed by atoms with Gasteiger partial charge in [0.2, 0.25) is 0 Å². The number of rotatable bonds is 3. The first kappa shape index (κ1) is 14.8. The van der Waals surface area contributed by atoms with Gasteiger partial charge in [0, 0.05) is 5.92 Å². The van der Waals surface area contributed by atoms with Crippen molar-refractivity contribution in [3.63, 3.8) is 0 Å². The van der Waals surface area contributed by atoms with Crippen LogP contribution >= 0.6 is 0 Å². The molecule has 0 amide bonds. The standard InChI is InChI=1S/C20H22O2/c1-14(2)22-20(21)13-19-17-9-5-3-7-15(17)11-12-16-8-4-6-10-18(16)19/h3-10,14,19H,11-13H2,1-2H3. The van der Waals surface area contributed by atoms with E-state index in [0.717, 1.165) is 12.8 Å². The molecule has 2 aromatic rings. The Bertz CT molecular complexity index is 625. The molecule has 0 atom stereocenters. The summed E-state index contributed by atoms with van der Waals surface area (Å²) >= 11 is 0. The maximum absolute atomic E-state index is 12.2. The van der Waals surface area contributed by atoms with Gasteiger partial charge in [0.05, 0.1) is 12.5 Å². The van der Waals surface area contributed by atoms with E-state index in [-0.39, 0.29) is 18.0 Å². The number of aryl methyl sites for hydroxylation is 2. The first-order valence-corrected chi connectivity index (χ1v) is 8.00. The second kappa shape index (κ2) is 6.35. The maximum Gasteiger partial charge on any atom is 0.306 e. The monoisotopic (exact) mass is 294 g/mol. The number of carbonyl (C=O) groups excluding carboxylic acids is 1. The fourth-order valence-electron chi connectivity index (χ4n) is 3.34. The summed E-state index contributed by atoms with van der Waals surface area (Å²) in [7, 11) is 0. The van der Waals surface area contributed by atoms with Crippen molar-refractivity contribution < 1.29 is 9.53 Å². The molecule has 0 N–H and O–H groups in total. The molecular formula is C20H22O2. The van der Waals surface area contributed by atoms with Gasteiger partial charge in [-0.3, -0.25) is 4.79 Å². The Balaban J connectivity index is 2.00. The van der Waals surface area contributed by atoms with E-state index in [1.54, 1.807) is 0 Å². The molecule has 0 radical (unpaired) electrons. The Hall–Kier alpha value is -2.09. The van der Waals surface area contributed by atoms with Gasteiger partial charge in [-0.25, -0.2) is 0 Å². The Morgan fingerprint density at radius 3 is 2.00 bits per heavy atom. The number of esters is 1. The van der Waals surface area contributed by atoms with Crippen LogP contribution in [0.4, 0.5) is 0 Å². The lowest BCUT2D eigenvalue weighted by atomic mass is 9.86. The van der Waals surface area contributed by atoms with Crippen LogP contribution in [0.1, 0.15) is 48.4 Å². The predicted octanol–water partition coefficient (Wildman–Crippen LogP) is 4.26. The van der Waals surface area contributed by atoms with Crippen LogP contribution in [0.15, 0.2) is 48.5 Å². The lowest BCUT2D eigenvalue weighted by Gasteiger charge is -2.20. The predicted molar refractivity (Wildman–Crippen MR) is 88.0 cm³/mol. The van der Waals surface area contributed by atoms with Crippen LogP contribution in [0, 0.1) is 0 Å². The Morgan fingerprint density at radius 2 is 1.50 bits per heavy atom. The number of hydrogen-bond donors (Lipinski definition) is 0. The molecule has 3 rings (SSSR count). The van der Waals surface area contributed by atoms with E-state index in [9.17, 15) is 4.79 Å². The number of ether oxygens (including phenoxy) is 1. The highest BCUT2D eigenvalue weighted by molar-refractivity contribution is 5.72. The molecule has 0 saturated heterocycles. The Morgan fingerprint density at radius 1 is 1.00 bits per heavy atom. The van der Waals surface area contributed by atoms with Crippen LogP contribution in [0.5, 0.6) is 0 Å². The van der Waals surface area contributed by atoms with Crippen LogP contribution in [0.3, 0.4) is 0 Å². The van der Waals surface area contributed by atoms with Crippen molar-refractivity contribution in [2.75, 3.05) is 0 Å². The molecule has 22 heavy (non-hydrogen) atoms. The lowest BCUT2D eigenvalue weighted by molar-refractivity contribution is -0.147. The SMILES string of the molecule is CC(C)OC(=O)CC1c2ccccc2CCc2ccccc21. The molecule has 0 aromatic heterocycles. The molecule has 0 aliphatic heterocycles. The first-order chi connectivity index (χ1) is 10.6. The fraction of sp³-hybridized carbons (Fsp3) is 0.350. The van der Waals surface area contributed by atoms with Crippen LogP contribution in [-0.4, -0.2) is 12.1 Å². The van der Waals surface area contributed by atoms with Crippen LogP contribution in [0.25, 0.3) is 0 Å². The molecule has 0 spiro atoms. The Kier molecular flexibility index (Phi) is 4.28. The molecule has 0 saturated carbocycles. The van der Waals surface area contributed by atoms with Crippen molar-refractivity contribution in [1.82, 2.24) is 0 Å². The average molecular weight is 294 g/mol. The van der Waals surface area contributed by atoms with Crippen LogP contribution < -0.4 is 0 Å². The molecule has 0 fully saturated rings. The highest BCUT2D eigenvalue weighted by Gasteiger charge is 2.26. The van der Waals surface area contributed by atoms with Gasteiger partial charge in [0.1, 0.15) is 0 Å². The minimum absolute atomic E-state index is 0.0660. The Labute approximate surface area is 132 Å². The second-order valence-corrected chi connectivity index (χ2v) is 6.19. The van der Waals surface area contributed by atoms with Gasteiger partial charge in [-0.1, -0.05) is 48.5 Å². The van der Waals surface area contributed by atoms with E-state index >= 15 is 0 Å². The summed E-state index contributed by atoms with van der Waals surface area (Å²) in [4.78, 5) is 12.2. The molecule has 2 aromatic carbocycles. The lowest BCUT2D eigenvalue weighted by Crippen LogP contribution is -2.16. The number of benzene rings is 2. The largest absolute Gasteiger partial charge is 0.463 e. The molecule has 0 heterocycles. The third-order valence-corrected chi connectivity index (χ3v) is 4.26. The zero-order chi connectivity index (χ0) is 15.5. The third kappa shape index (κ3) is 3.06. The average Bonchev–Trinajstić information content (AvgIpc) is 2.65. The van der Waals surface area contributed by atoms with Gasteiger partial charge < -0.3 is 4.74 Å². The van der Waals surface area contributed by atoms with Crippen molar-refractivity contribution in [1.29, 1.82) is 0 Å². The smallest absolute Gasteiger partial charge is 0.306 e. The summed E-state index contributed by atoms with van der Waals surface area (Å²) in [5.74, 6) is -0.0207. The van der Waals surface area contributed by atoms with Crippen molar-refractivity contribution in [2.24, 2.45) is 0 Å². The molecule has 0 bridgehead atoms. The number of hydrogen-bond acceptors (Lipinski definition) is 2. The van der Waals surface area contributed by atoms with E-state index in [0.29, 0.717) is 6.42 Å². The van der Waals surface area contributed by atoms with Crippen molar-refractivity contribution in [2.45, 2.75) is 45.1 Å². The minimum atomic E-state index is -0.119. The zero-order valence-electron chi connectivity index (χ0n) is 13.2. The third-order valence-electron chi connectivity index (χ3n) is 4.26. The molecule has 2 nitrogen and oxygen atoms in total. The molecule has 1 aliphatic rings. The normalized spacial score (nSPS) is 14.1. The fourth-order valence-corrected chi connectivity index (χ4v) is 3.34. The summed E-state index contributed by atoms with van der Waals surface area (Å²) < 4.78 is 5.38. The molecular weight excluding hydrogens is 272 g/mol. The van der Waals surface area contributed by atoms with E-state index in [2.05, 4.69) is 48.5 Å². The summed E-state index contributed by atoms with van der Waals surface area (Å²) in [6.45, 7) is 3.79. The van der Waals surface area contributed by atoms with Gasteiger partial charge in [-0.15, -0.1) is 0 Å². The first-order valence-electron chi connectivity index (χ1n) is 8.00. The quantitative estimate of drug-likeness (QED) is 0.791. The van der Waals surface area contributed by atoms with Gasteiger partial charge >= 0.3 is 5.97 Å². The van der Waals surface area contributed by atoms with Crippen molar-refractivity contribution in [3.05, 3.63) is 70.8 Å². The van der Waals surface area contributed by atoms with E-state index in [1.165, 1.54) is 22.3 Å². The van der Waals surface area contributed by atoms with E-state index < -0.39 is 0 Å². The van der Waals surface area contributed by atoms with Crippen LogP contribution in [0.2, 0.25) is 0 Å². The van der Waals surface area contributed by atoms with E-state index in [4.69, 9.17) is 4.74 Å². The maximum atomic E-state index is 12.2. The zero-order valence-corrected chi connectivity index (χ0v) is 13.2. The topological polar surface area (TPSA) is 26.3 Å². The van der Waals surface area contributed by atoms with E-state index in [1.807, 2.05) is 13.8 Å². The van der Waals surface area contributed by atoms with Gasteiger partial charge in [0.25, 0.3) is 0 Å². The molecule has 114 valence electrons. The second-order valence-electron chi connectivity index (χ2n) is 6.19. The van der Waals surface area contributed by atoms with Gasteiger partial charge in [0.15, 0.2) is 0 Å². The van der Waals surface area contributed by atoms with Crippen molar-refractivity contribution >= 4 is 5.97 Å². The molecule has 1 aliphatic carbocycles. The molecule has 0 unspecified atom stereocenters. The number of carbonyl (C=O) groups is 1. The summed E-state index contributed by atoms with van der Waals surface area (Å²) in [5.41, 5.74) is 5.24.